The molecule has 0 saturated heterocycles. The van der Waals surface area contributed by atoms with Gasteiger partial charge in [-0.3, -0.25) is 9.35 Å². The van der Waals surface area contributed by atoms with Gasteiger partial charge in [0, 0.05) is 0 Å². The molecule has 0 aromatic heterocycles. The molecule has 33 heavy (non-hydrogen) atoms. The predicted molar refractivity (Wildman–Crippen MR) is 117 cm³/mol. The standard InChI is InChI=1S/C23H18O9S/c1-11-6-14(9-17(20(11)24)22(26)27)19(13-4-3-5-16(8-13)33(30,31)32)15-7-12(2)21(25)18(10-15)23(28)29/h3-10,24H,1-2H3,(H,26,27)(H,28,29)(H,30,31,32)/b19-15-. The highest BCUT2D eigenvalue weighted by atomic mass is 32.2. The van der Waals surface area contributed by atoms with E-state index in [1.54, 1.807) is 0 Å². The fraction of sp³-hybridized carbons (Fsp3) is 0.0870. The number of aromatic carboxylic acids is 1. The lowest BCUT2D eigenvalue weighted by atomic mass is 9.85. The predicted octanol–water partition coefficient (Wildman–Crippen LogP) is 2.99. The molecule has 0 unspecified atom stereocenters. The van der Waals surface area contributed by atoms with E-state index < -0.39 is 49.6 Å². The summed E-state index contributed by atoms with van der Waals surface area (Å²) in [4.78, 5) is 35.1. The topological polar surface area (TPSA) is 166 Å². The molecule has 0 aliphatic heterocycles. The number of ketones is 1. The Bertz CT molecular complexity index is 1420. The van der Waals surface area contributed by atoms with Crippen molar-refractivity contribution in [3.05, 3.63) is 87.5 Å². The summed E-state index contributed by atoms with van der Waals surface area (Å²) in [5, 5.41) is 29.1. The lowest BCUT2D eigenvalue weighted by Crippen LogP contribution is -2.17. The van der Waals surface area contributed by atoms with Crippen LogP contribution in [0.5, 0.6) is 5.75 Å². The van der Waals surface area contributed by atoms with Gasteiger partial charge in [0.15, 0.2) is 5.78 Å². The van der Waals surface area contributed by atoms with E-state index in [2.05, 4.69) is 0 Å². The summed E-state index contributed by atoms with van der Waals surface area (Å²) >= 11 is 0. The number of benzene rings is 2. The number of hydrogen-bond acceptors (Lipinski definition) is 6. The molecule has 0 bridgehead atoms. The van der Waals surface area contributed by atoms with Crippen molar-refractivity contribution >= 4 is 33.4 Å². The molecule has 0 saturated carbocycles. The second-order valence-electron chi connectivity index (χ2n) is 7.35. The minimum atomic E-state index is -4.59. The van der Waals surface area contributed by atoms with Crippen molar-refractivity contribution in [2.75, 3.05) is 0 Å². The quantitative estimate of drug-likeness (QED) is 0.379. The minimum Gasteiger partial charge on any atom is -0.507 e. The number of aryl methyl sites for hydroxylation is 1. The van der Waals surface area contributed by atoms with Crippen molar-refractivity contribution in [3.63, 3.8) is 0 Å². The number of carboxylic acid groups (broad SMARTS) is 2. The smallest absolute Gasteiger partial charge is 0.339 e. The molecule has 2 aromatic carbocycles. The normalized spacial score (nSPS) is 15.5. The number of carbonyl (C=O) groups is 3. The van der Waals surface area contributed by atoms with Crippen LogP contribution in [0.15, 0.2) is 70.2 Å². The van der Waals surface area contributed by atoms with Crippen molar-refractivity contribution in [1.82, 2.24) is 0 Å². The molecule has 3 rings (SSSR count). The van der Waals surface area contributed by atoms with Crippen molar-refractivity contribution in [2.24, 2.45) is 0 Å². The van der Waals surface area contributed by atoms with E-state index in [1.807, 2.05) is 0 Å². The van der Waals surface area contributed by atoms with Crippen LogP contribution in [0.2, 0.25) is 0 Å². The van der Waals surface area contributed by atoms with E-state index >= 15 is 0 Å². The molecule has 0 spiro atoms. The van der Waals surface area contributed by atoms with Gasteiger partial charge in [-0.2, -0.15) is 8.42 Å². The number of phenols is 1. The van der Waals surface area contributed by atoms with Crippen LogP contribution in [-0.4, -0.2) is 46.0 Å². The summed E-state index contributed by atoms with van der Waals surface area (Å²) < 4.78 is 32.8. The number of carboxylic acids is 2. The molecule has 0 fully saturated rings. The molecular weight excluding hydrogens is 452 g/mol. The summed E-state index contributed by atoms with van der Waals surface area (Å²) in [6.07, 6.45) is 2.50. The number of aliphatic carboxylic acids is 1. The van der Waals surface area contributed by atoms with E-state index in [-0.39, 0.29) is 33.4 Å². The van der Waals surface area contributed by atoms with Crippen LogP contribution in [0.3, 0.4) is 0 Å². The van der Waals surface area contributed by atoms with E-state index in [0.717, 1.165) is 24.3 Å². The molecule has 0 amide bonds. The van der Waals surface area contributed by atoms with Crippen LogP contribution < -0.4 is 0 Å². The second-order valence-corrected chi connectivity index (χ2v) is 8.77. The Labute approximate surface area is 188 Å². The highest BCUT2D eigenvalue weighted by Gasteiger charge is 2.26. The Morgan fingerprint density at radius 1 is 0.909 bits per heavy atom. The number of hydrogen-bond donors (Lipinski definition) is 4. The zero-order valence-corrected chi connectivity index (χ0v) is 18.2. The van der Waals surface area contributed by atoms with Gasteiger partial charge in [0.25, 0.3) is 10.1 Å². The van der Waals surface area contributed by atoms with E-state index in [1.165, 1.54) is 38.1 Å². The van der Waals surface area contributed by atoms with Crippen LogP contribution in [0.4, 0.5) is 0 Å². The molecule has 10 heteroatoms. The van der Waals surface area contributed by atoms with E-state index in [0.29, 0.717) is 0 Å². The Morgan fingerprint density at radius 2 is 1.58 bits per heavy atom. The highest BCUT2D eigenvalue weighted by molar-refractivity contribution is 7.85. The van der Waals surface area contributed by atoms with Gasteiger partial charge in [0.2, 0.25) is 0 Å². The molecule has 4 N–H and O–H groups in total. The fourth-order valence-electron chi connectivity index (χ4n) is 3.48. The van der Waals surface area contributed by atoms with Gasteiger partial charge in [-0.25, -0.2) is 9.59 Å². The summed E-state index contributed by atoms with van der Waals surface area (Å²) in [6.45, 7) is 2.88. The van der Waals surface area contributed by atoms with E-state index in [4.69, 9.17) is 0 Å². The minimum absolute atomic E-state index is 0.0993. The summed E-state index contributed by atoms with van der Waals surface area (Å²) in [5.74, 6) is -4.05. The second kappa shape index (κ2) is 8.49. The van der Waals surface area contributed by atoms with Crippen LogP contribution in [0.1, 0.15) is 34.0 Å². The molecule has 0 heterocycles. The Morgan fingerprint density at radius 3 is 2.15 bits per heavy atom. The van der Waals surface area contributed by atoms with Crippen molar-refractivity contribution in [3.8, 4) is 5.75 Å². The maximum Gasteiger partial charge on any atom is 0.339 e. The van der Waals surface area contributed by atoms with E-state index in [9.17, 15) is 42.7 Å². The van der Waals surface area contributed by atoms with Crippen molar-refractivity contribution in [2.45, 2.75) is 18.7 Å². The summed E-state index contributed by atoms with van der Waals surface area (Å²) in [7, 11) is -4.59. The third-order valence-electron chi connectivity index (χ3n) is 5.03. The average molecular weight is 470 g/mol. The van der Waals surface area contributed by atoms with Crippen LogP contribution >= 0.6 is 0 Å². The molecule has 0 radical (unpaired) electrons. The maximum atomic E-state index is 12.3. The first-order valence-corrected chi connectivity index (χ1v) is 10.8. The van der Waals surface area contributed by atoms with Crippen LogP contribution in [-0.2, 0) is 19.7 Å². The maximum absolute atomic E-state index is 12.3. The third-order valence-corrected chi connectivity index (χ3v) is 5.88. The first-order chi connectivity index (χ1) is 15.3. The largest absolute Gasteiger partial charge is 0.507 e. The molecule has 2 aromatic rings. The molecule has 170 valence electrons. The average Bonchev–Trinajstić information content (AvgIpc) is 2.72. The van der Waals surface area contributed by atoms with Gasteiger partial charge in [-0.1, -0.05) is 12.1 Å². The number of rotatable bonds is 5. The van der Waals surface area contributed by atoms with Gasteiger partial charge in [-0.05, 0) is 83.7 Å². The fourth-order valence-corrected chi connectivity index (χ4v) is 4.00. The van der Waals surface area contributed by atoms with Gasteiger partial charge >= 0.3 is 11.9 Å². The third kappa shape index (κ3) is 4.61. The van der Waals surface area contributed by atoms with Crippen molar-refractivity contribution in [1.29, 1.82) is 0 Å². The monoisotopic (exact) mass is 470 g/mol. The Balaban J connectivity index is 2.47. The van der Waals surface area contributed by atoms with Gasteiger partial charge < -0.3 is 15.3 Å². The summed E-state index contributed by atoms with van der Waals surface area (Å²) in [6, 6.07) is 7.70. The van der Waals surface area contributed by atoms with Crippen molar-refractivity contribution < 1.29 is 42.7 Å². The zero-order valence-electron chi connectivity index (χ0n) is 17.4. The molecule has 0 atom stereocenters. The van der Waals surface area contributed by atoms with Crippen LogP contribution in [0, 0.1) is 6.92 Å². The first kappa shape index (κ1) is 23.6. The molecule has 1 aliphatic rings. The lowest BCUT2D eigenvalue weighted by Gasteiger charge is -2.18. The number of Topliss-reactive ketones (excluding diaryl/α,β-unsaturated/α-hetero) is 1. The zero-order chi connectivity index (χ0) is 24.7. The van der Waals surface area contributed by atoms with Gasteiger partial charge in [-0.15, -0.1) is 0 Å². The van der Waals surface area contributed by atoms with Gasteiger partial charge in [0.1, 0.15) is 16.9 Å². The number of aromatic hydroxyl groups is 1. The van der Waals surface area contributed by atoms with Crippen LogP contribution in [0.25, 0.3) is 5.57 Å². The molecule has 9 nitrogen and oxygen atoms in total. The number of allylic oxidation sites excluding steroid dienone is 4. The SMILES string of the molecule is CC1=C/C(=C(\c2cccc(S(=O)(=O)O)c2)c2cc(C)c(O)c(C(=O)O)c2)C=C(C(=O)O)C1=O. The Kier molecular flexibility index (Phi) is 6.08. The summed E-state index contributed by atoms with van der Waals surface area (Å²) in [5.41, 5.74) is 0.137. The molecular formula is C23H18O9S. The number of carbonyl (C=O) groups excluding carboxylic acids is 1. The Hall–Kier alpha value is -4.02. The molecule has 1 aliphatic carbocycles. The highest BCUT2D eigenvalue weighted by Crippen LogP contribution is 2.36. The van der Waals surface area contributed by atoms with Gasteiger partial charge in [0.05, 0.1) is 4.90 Å². The lowest BCUT2D eigenvalue weighted by molar-refractivity contribution is -0.134. The first-order valence-electron chi connectivity index (χ1n) is 9.38.